The summed E-state index contributed by atoms with van der Waals surface area (Å²) in [7, 11) is 0. The summed E-state index contributed by atoms with van der Waals surface area (Å²) in [5, 5.41) is 13.8. The molecule has 0 saturated carbocycles. The van der Waals surface area contributed by atoms with Gasteiger partial charge in [0.2, 0.25) is 0 Å². The van der Waals surface area contributed by atoms with Gasteiger partial charge in [0.05, 0.1) is 36.9 Å². The molecular weight excluding hydrogens is 414 g/mol. The minimum absolute atomic E-state index is 0.0585. The lowest BCUT2D eigenvalue weighted by molar-refractivity contribution is 0.253. The molecule has 0 aliphatic carbocycles. The number of nitrogens with zero attached hydrogens (tertiary/aromatic N) is 4. The van der Waals surface area contributed by atoms with Crippen molar-refractivity contribution in [3.63, 3.8) is 0 Å². The minimum atomic E-state index is -0.824. The summed E-state index contributed by atoms with van der Waals surface area (Å²) in [6.07, 6.45) is 1.38. The highest BCUT2D eigenvalue weighted by Crippen LogP contribution is 2.28. The Balaban J connectivity index is 1.63. The fourth-order valence-corrected chi connectivity index (χ4v) is 3.88. The Bertz CT molecular complexity index is 1090. The van der Waals surface area contributed by atoms with Gasteiger partial charge in [-0.2, -0.15) is 9.78 Å². The summed E-state index contributed by atoms with van der Waals surface area (Å²) in [4.78, 5) is 16.7. The van der Waals surface area contributed by atoms with Crippen LogP contribution in [0.4, 0.5) is 14.5 Å². The summed E-state index contributed by atoms with van der Waals surface area (Å²) in [6, 6.07) is 12.3. The molecule has 156 valence electrons. The second kappa shape index (κ2) is 8.51. The van der Waals surface area contributed by atoms with Crippen LogP contribution in [-0.2, 0) is 6.54 Å². The maximum atomic E-state index is 13.5. The van der Waals surface area contributed by atoms with Gasteiger partial charge in [0.25, 0.3) is 5.56 Å². The van der Waals surface area contributed by atoms with E-state index in [9.17, 15) is 18.7 Å². The summed E-state index contributed by atoms with van der Waals surface area (Å²) in [5.41, 5.74) is 0.738. The van der Waals surface area contributed by atoms with Gasteiger partial charge in [-0.15, -0.1) is 0 Å². The molecule has 0 bridgehead atoms. The van der Waals surface area contributed by atoms with Crippen LogP contribution in [0.1, 0.15) is 5.56 Å². The molecule has 2 aromatic carbocycles. The van der Waals surface area contributed by atoms with E-state index in [-0.39, 0.29) is 23.4 Å². The fraction of sp³-hybridized carbons (Fsp3) is 0.238. The highest BCUT2D eigenvalue weighted by atomic mass is 35.5. The van der Waals surface area contributed by atoms with Crippen molar-refractivity contribution in [1.29, 1.82) is 0 Å². The van der Waals surface area contributed by atoms with Gasteiger partial charge in [-0.05, 0) is 17.7 Å². The number of hydrogen-bond donors (Lipinski definition) is 1. The normalized spacial score (nSPS) is 16.9. The van der Waals surface area contributed by atoms with Crippen LogP contribution in [0.2, 0.25) is 5.02 Å². The van der Waals surface area contributed by atoms with E-state index in [2.05, 4.69) is 10.00 Å². The first kappa shape index (κ1) is 20.5. The van der Waals surface area contributed by atoms with Crippen LogP contribution < -0.4 is 10.5 Å². The van der Waals surface area contributed by atoms with E-state index in [1.807, 2.05) is 35.2 Å². The van der Waals surface area contributed by atoms with Crippen LogP contribution in [-0.4, -0.2) is 45.6 Å². The van der Waals surface area contributed by atoms with E-state index >= 15 is 0 Å². The zero-order valence-corrected chi connectivity index (χ0v) is 16.6. The monoisotopic (exact) mass is 432 g/mol. The lowest BCUT2D eigenvalue weighted by Gasteiger charge is -2.25. The molecule has 0 amide bonds. The Kier molecular flexibility index (Phi) is 5.80. The Morgan fingerprint density at radius 3 is 2.50 bits per heavy atom. The number of aromatic nitrogens is 2. The minimum Gasteiger partial charge on any atom is -0.394 e. The molecule has 3 aromatic rings. The van der Waals surface area contributed by atoms with Crippen molar-refractivity contribution in [2.45, 2.75) is 12.6 Å². The Morgan fingerprint density at radius 1 is 1.13 bits per heavy atom. The number of hydrogen-bond acceptors (Lipinski definition) is 5. The van der Waals surface area contributed by atoms with E-state index < -0.39 is 17.2 Å². The summed E-state index contributed by atoms with van der Waals surface area (Å²) < 4.78 is 27.9. The molecule has 1 fully saturated rings. The first-order valence-corrected chi connectivity index (χ1v) is 9.72. The quantitative estimate of drug-likeness (QED) is 0.671. The van der Waals surface area contributed by atoms with Gasteiger partial charge in [-0.1, -0.05) is 41.9 Å². The van der Waals surface area contributed by atoms with Gasteiger partial charge in [-0.25, -0.2) is 8.78 Å². The van der Waals surface area contributed by atoms with E-state index in [4.69, 9.17) is 11.6 Å². The second-order valence-corrected chi connectivity index (χ2v) is 7.51. The van der Waals surface area contributed by atoms with Crippen molar-refractivity contribution in [3.8, 4) is 5.69 Å². The Morgan fingerprint density at radius 2 is 1.83 bits per heavy atom. The first-order chi connectivity index (χ1) is 14.5. The van der Waals surface area contributed by atoms with Gasteiger partial charge >= 0.3 is 0 Å². The third-order valence-corrected chi connectivity index (χ3v) is 5.38. The molecule has 4 rings (SSSR count). The molecule has 30 heavy (non-hydrogen) atoms. The lowest BCUT2D eigenvalue weighted by atomic mass is 10.2. The highest BCUT2D eigenvalue weighted by Gasteiger charge is 2.32. The summed E-state index contributed by atoms with van der Waals surface area (Å²) in [5.74, 6) is -1.65. The van der Waals surface area contributed by atoms with Gasteiger partial charge in [0.15, 0.2) is 0 Å². The molecular formula is C21H19ClF2N4O2. The first-order valence-electron chi connectivity index (χ1n) is 9.34. The number of aliphatic hydroxyl groups is 1. The number of halogens is 3. The highest BCUT2D eigenvalue weighted by molar-refractivity contribution is 6.33. The molecule has 1 N–H and O–H groups in total. The van der Waals surface area contributed by atoms with Crippen LogP contribution in [0.5, 0.6) is 0 Å². The molecule has 1 atom stereocenters. The standard InChI is InChI=1S/C21H19ClF2N4O2/c22-20-19(9-25-28(21(20)30)17-7-15(23)6-16(24)8-17)27-13-26(11-18(27)12-29)10-14-4-2-1-3-5-14/h1-9,18,29H,10-13H2. The van der Waals surface area contributed by atoms with Crippen molar-refractivity contribution < 1.29 is 13.9 Å². The number of benzene rings is 2. The molecule has 1 aliphatic rings. The number of aliphatic hydroxyl groups excluding tert-OH is 1. The summed E-state index contributed by atoms with van der Waals surface area (Å²) in [6.45, 7) is 1.58. The van der Waals surface area contributed by atoms with E-state index in [1.54, 1.807) is 0 Å². The molecule has 1 saturated heterocycles. The predicted octanol–water partition coefficient (Wildman–Crippen LogP) is 2.80. The molecule has 2 heterocycles. The van der Waals surface area contributed by atoms with Crippen molar-refractivity contribution in [2.24, 2.45) is 0 Å². The van der Waals surface area contributed by atoms with Gasteiger partial charge in [0.1, 0.15) is 16.7 Å². The van der Waals surface area contributed by atoms with E-state index in [0.29, 0.717) is 31.5 Å². The van der Waals surface area contributed by atoms with Crippen molar-refractivity contribution in [1.82, 2.24) is 14.7 Å². The SMILES string of the molecule is O=c1c(Cl)c(N2CN(Cc3ccccc3)CC2CO)cnn1-c1cc(F)cc(F)c1. The predicted molar refractivity (Wildman–Crippen MR) is 110 cm³/mol. The largest absolute Gasteiger partial charge is 0.394 e. The number of anilines is 1. The third kappa shape index (κ3) is 4.07. The molecule has 1 aliphatic heterocycles. The van der Waals surface area contributed by atoms with Crippen molar-refractivity contribution >= 4 is 17.3 Å². The topological polar surface area (TPSA) is 61.6 Å². The zero-order chi connectivity index (χ0) is 21.3. The van der Waals surface area contributed by atoms with E-state index in [0.717, 1.165) is 22.4 Å². The van der Waals surface area contributed by atoms with Crippen molar-refractivity contribution in [2.75, 3.05) is 24.7 Å². The molecule has 0 spiro atoms. The third-order valence-electron chi connectivity index (χ3n) is 5.02. The molecule has 9 heteroatoms. The van der Waals surface area contributed by atoms with Crippen LogP contribution in [0.3, 0.4) is 0 Å². The summed E-state index contributed by atoms with van der Waals surface area (Å²) >= 11 is 6.34. The van der Waals surface area contributed by atoms with Gasteiger partial charge in [-0.3, -0.25) is 9.69 Å². The van der Waals surface area contributed by atoms with Gasteiger partial charge in [0, 0.05) is 19.2 Å². The van der Waals surface area contributed by atoms with Crippen molar-refractivity contribution in [3.05, 3.63) is 87.3 Å². The molecule has 1 aromatic heterocycles. The number of rotatable bonds is 5. The molecule has 1 unspecified atom stereocenters. The second-order valence-electron chi connectivity index (χ2n) is 7.13. The van der Waals surface area contributed by atoms with Crippen LogP contribution in [0.25, 0.3) is 5.69 Å². The van der Waals surface area contributed by atoms with Crippen LogP contribution in [0.15, 0.2) is 59.5 Å². The Hall–Kier alpha value is -2.81. The van der Waals surface area contributed by atoms with Crippen LogP contribution >= 0.6 is 11.6 Å². The lowest BCUT2D eigenvalue weighted by Crippen LogP contribution is -2.36. The maximum Gasteiger partial charge on any atom is 0.292 e. The van der Waals surface area contributed by atoms with Gasteiger partial charge < -0.3 is 10.0 Å². The van der Waals surface area contributed by atoms with Crippen LogP contribution in [0, 0.1) is 11.6 Å². The zero-order valence-electron chi connectivity index (χ0n) is 15.9. The maximum absolute atomic E-state index is 13.5. The smallest absolute Gasteiger partial charge is 0.292 e. The molecule has 0 radical (unpaired) electrons. The van der Waals surface area contributed by atoms with E-state index in [1.165, 1.54) is 6.20 Å². The fourth-order valence-electron chi connectivity index (χ4n) is 3.64. The Labute approximate surface area is 176 Å². The molecule has 6 nitrogen and oxygen atoms in total. The average molecular weight is 433 g/mol. The average Bonchev–Trinajstić information content (AvgIpc) is 3.12.